The van der Waals surface area contributed by atoms with Gasteiger partial charge < -0.3 is 9.64 Å². The van der Waals surface area contributed by atoms with Crippen molar-refractivity contribution in [2.75, 3.05) is 18.6 Å². The number of methoxy groups -OCH3 is 1. The number of aromatic nitrogens is 2. The minimum Gasteiger partial charge on any atom is -0.377 e. The predicted octanol–water partition coefficient (Wildman–Crippen LogP) is 3.74. The van der Waals surface area contributed by atoms with Gasteiger partial charge >= 0.3 is 0 Å². The van der Waals surface area contributed by atoms with Gasteiger partial charge in [-0.05, 0) is 25.5 Å². The highest BCUT2D eigenvalue weighted by atomic mass is 35.5. The van der Waals surface area contributed by atoms with Gasteiger partial charge in [0.15, 0.2) is 5.82 Å². The minimum atomic E-state index is 0.346. The maximum atomic E-state index is 6.08. The van der Waals surface area contributed by atoms with Gasteiger partial charge in [-0.3, -0.25) is 0 Å². The largest absolute Gasteiger partial charge is 0.377 e. The van der Waals surface area contributed by atoms with Crippen LogP contribution in [0.25, 0.3) is 0 Å². The molecule has 0 aliphatic carbocycles. The molecular formula is C15H18ClN3O. The third-order valence-electron chi connectivity index (χ3n) is 3.00. The van der Waals surface area contributed by atoms with Gasteiger partial charge in [-0.1, -0.05) is 29.8 Å². The lowest BCUT2D eigenvalue weighted by Crippen LogP contribution is -2.19. The minimum absolute atomic E-state index is 0.346. The SMILES string of the molecule is CCN(c1cc(Cl)nc(COC)n1)c1ccccc1C. The summed E-state index contributed by atoms with van der Waals surface area (Å²) in [5, 5.41) is 0.425. The molecule has 0 radical (unpaired) electrons. The molecule has 0 atom stereocenters. The number of nitrogens with zero attached hydrogens (tertiary/aromatic N) is 3. The van der Waals surface area contributed by atoms with Crippen LogP contribution >= 0.6 is 11.6 Å². The van der Waals surface area contributed by atoms with E-state index in [1.807, 2.05) is 12.1 Å². The normalized spacial score (nSPS) is 10.6. The summed E-state index contributed by atoms with van der Waals surface area (Å²) in [5.41, 5.74) is 2.31. The molecule has 1 aromatic carbocycles. The monoisotopic (exact) mass is 291 g/mol. The van der Waals surface area contributed by atoms with E-state index in [-0.39, 0.29) is 0 Å². The molecule has 0 bridgehead atoms. The Kier molecular flexibility index (Phi) is 4.93. The van der Waals surface area contributed by atoms with Gasteiger partial charge in [0.25, 0.3) is 0 Å². The Balaban J connectivity index is 2.44. The van der Waals surface area contributed by atoms with Crippen LogP contribution in [0, 0.1) is 6.92 Å². The molecule has 2 aromatic rings. The van der Waals surface area contributed by atoms with E-state index in [1.54, 1.807) is 13.2 Å². The average molecular weight is 292 g/mol. The Morgan fingerprint density at radius 1 is 1.25 bits per heavy atom. The van der Waals surface area contributed by atoms with Gasteiger partial charge in [-0.25, -0.2) is 9.97 Å². The average Bonchev–Trinajstić information content (AvgIpc) is 2.41. The van der Waals surface area contributed by atoms with Crippen LogP contribution in [0.5, 0.6) is 0 Å². The lowest BCUT2D eigenvalue weighted by molar-refractivity contribution is 0.178. The van der Waals surface area contributed by atoms with Crippen LogP contribution in [0.3, 0.4) is 0 Å². The van der Waals surface area contributed by atoms with Gasteiger partial charge in [0.1, 0.15) is 17.6 Å². The summed E-state index contributed by atoms with van der Waals surface area (Å²) in [7, 11) is 1.61. The first-order chi connectivity index (χ1) is 9.65. The molecule has 2 rings (SSSR count). The van der Waals surface area contributed by atoms with E-state index in [0.29, 0.717) is 17.6 Å². The van der Waals surface area contributed by atoms with Gasteiger partial charge in [0.05, 0.1) is 0 Å². The number of anilines is 2. The van der Waals surface area contributed by atoms with E-state index < -0.39 is 0 Å². The highest BCUT2D eigenvalue weighted by Gasteiger charge is 2.13. The van der Waals surface area contributed by atoms with E-state index in [0.717, 1.165) is 18.1 Å². The van der Waals surface area contributed by atoms with Crippen molar-refractivity contribution in [1.29, 1.82) is 0 Å². The molecule has 0 unspecified atom stereocenters. The van der Waals surface area contributed by atoms with Crippen molar-refractivity contribution >= 4 is 23.1 Å². The summed E-state index contributed by atoms with van der Waals surface area (Å²) in [6.45, 7) is 5.30. The van der Waals surface area contributed by atoms with Crippen molar-refractivity contribution < 1.29 is 4.74 Å². The van der Waals surface area contributed by atoms with Crippen molar-refractivity contribution in [3.05, 3.63) is 46.9 Å². The van der Waals surface area contributed by atoms with E-state index in [1.165, 1.54) is 5.56 Å². The summed E-state index contributed by atoms with van der Waals surface area (Å²) >= 11 is 6.08. The van der Waals surface area contributed by atoms with Crippen LogP contribution in [0.4, 0.5) is 11.5 Å². The Labute approximate surface area is 124 Å². The van der Waals surface area contributed by atoms with Gasteiger partial charge in [-0.15, -0.1) is 0 Å². The molecule has 0 N–H and O–H groups in total. The molecule has 0 aliphatic rings. The third kappa shape index (κ3) is 3.26. The standard InChI is InChI=1S/C15H18ClN3O/c1-4-19(12-8-6-5-7-11(12)2)15-9-13(16)17-14(18-15)10-20-3/h5-9H,4,10H2,1-3H3. The van der Waals surface area contributed by atoms with Crippen molar-refractivity contribution in [2.45, 2.75) is 20.5 Å². The van der Waals surface area contributed by atoms with Crippen molar-refractivity contribution in [3.8, 4) is 0 Å². The second-order valence-corrected chi connectivity index (χ2v) is 4.82. The van der Waals surface area contributed by atoms with Crippen LogP contribution in [0.15, 0.2) is 30.3 Å². The fourth-order valence-electron chi connectivity index (χ4n) is 2.11. The molecule has 4 nitrogen and oxygen atoms in total. The van der Waals surface area contributed by atoms with Crippen LogP contribution in [0.2, 0.25) is 5.15 Å². The molecule has 20 heavy (non-hydrogen) atoms. The maximum absolute atomic E-state index is 6.08. The van der Waals surface area contributed by atoms with Crippen LogP contribution in [-0.4, -0.2) is 23.6 Å². The summed E-state index contributed by atoms with van der Waals surface area (Å²) < 4.78 is 5.08. The molecule has 1 heterocycles. The summed E-state index contributed by atoms with van der Waals surface area (Å²) in [4.78, 5) is 10.8. The van der Waals surface area contributed by atoms with E-state index in [4.69, 9.17) is 16.3 Å². The van der Waals surface area contributed by atoms with Gasteiger partial charge in [0.2, 0.25) is 0 Å². The number of hydrogen-bond acceptors (Lipinski definition) is 4. The number of halogens is 1. The number of ether oxygens (including phenoxy) is 1. The zero-order valence-corrected chi connectivity index (χ0v) is 12.7. The topological polar surface area (TPSA) is 38.2 Å². The van der Waals surface area contributed by atoms with Crippen LogP contribution in [0.1, 0.15) is 18.3 Å². The highest BCUT2D eigenvalue weighted by molar-refractivity contribution is 6.29. The maximum Gasteiger partial charge on any atom is 0.158 e. The first-order valence-corrected chi connectivity index (χ1v) is 6.89. The fraction of sp³-hybridized carbons (Fsp3) is 0.333. The number of benzene rings is 1. The quantitative estimate of drug-likeness (QED) is 0.787. The highest BCUT2D eigenvalue weighted by Crippen LogP contribution is 2.27. The summed E-state index contributed by atoms with van der Waals surface area (Å²) in [5.74, 6) is 1.37. The lowest BCUT2D eigenvalue weighted by Gasteiger charge is -2.24. The van der Waals surface area contributed by atoms with E-state index >= 15 is 0 Å². The number of aryl methyl sites for hydroxylation is 1. The molecule has 0 fully saturated rings. The molecule has 0 aliphatic heterocycles. The molecular weight excluding hydrogens is 274 g/mol. The smallest absolute Gasteiger partial charge is 0.158 e. The first-order valence-electron chi connectivity index (χ1n) is 6.51. The lowest BCUT2D eigenvalue weighted by atomic mass is 10.2. The van der Waals surface area contributed by atoms with E-state index in [9.17, 15) is 0 Å². The van der Waals surface area contributed by atoms with Gasteiger partial charge in [0, 0.05) is 25.4 Å². The summed E-state index contributed by atoms with van der Waals surface area (Å²) in [6.07, 6.45) is 0. The number of para-hydroxylation sites is 1. The Bertz CT molecular complexity index is 589. The van der Waals surface area contributed by atoms with Crippen molar-refractivity contribution in [3.63, 3.8) is 0 Å². The molecule has 0 saturated heterocycles. The molecule has 0 amide bonds. The Morgan fingerprint density at radius 2 is 2.00 bits per heavy atom. The molecule has 5 heteroatoms. The molecule has 106 valence electrons. The zero-order valence-electron chi connectivity index (χ0n) is 11.9. The first kappa shape index (κ1) is 14.8. The third-order valence-corrected chi connectivity index (χ3v) is 3.19. The fourth-order valence-corrected chi connectivity index (χ4v) is 2.30. The Morgan fingerprint density at radius 3 is 2.65 bits per heavy atom. The number of hydrogen-bond donors (Lipinski definition) is 0. The van der Waals surface area contributed by atoms with Crippen LogP contribution < -0.4 is 4.90 Å². The Hall–Kier alpha value is -1.65. The zero-order chi connectivity index (χ0) is 14.5. The second kappa shape index (κ2) is 6.68. The summed E-state index contributed by atoms with van der Waals surface area (Å²) in [6, 6.07) is 9.97. The predicted molar refractivity (Wildman–Crippen MR) is 81.6 cm³/mol. The number of rotatable bonds is 5. The van der Waals surface area contributed by atoms with Crippen molar-refractivity contribution in [2.24, 2.45) is 0 Å². The van der Waals surface area contributed by atoms with Crippen molar-refractivity contribution in [1.82, 2.24) is 9.97 Å². The second-order valence-electron chi connectivity index (χ2n) is 4.43. The van der Waals surface area contributed by atoms with Gasteiger partial charge in [-0.2, -0.15) is 0 Å². The molecule has 0 saturated carbocycles. The molecule has 0 spiro atoms. The van der Waals surface area contributed by atoms with E-state index in [2.05, 4.69) is 40.8 Å². The molecule has 1 aromatic heterocycles. The van der Waals surface area contributed by atoms with Crippen LogP contribution in [-0.2, 0) is 11.3 Å².